The number of hydrogen-bond donors (Lipinski definition) is 2. The molecule has 0 unspecified atom stereocenters. The van der Waals surface area contributed by atoms with E-state index in [4.69, 9.17) is 5.73 Å². The number of hydrogen-bond acceptors (Lipinski definition) is 3. The minimum absolute atomic E-state index is 0.0280. The van der Waals surface area contributed by atoms with Crippen molar-refractivity contribution in [1.82, 2.24) is 0 Å². The molecule has 2 rings (SSSR count). The number of nitrogens with two attached hydrogens (primary N) is 1. The molecule has 0 aliphatic heterocycles. The molecule has 0 radical (unpaired) electrons. The summed E-state index contributed by atoms with van der Waals surface area (Å²) in [5, 5.41) is 2.97. The van der Waals surface area contributed by atoms with Crippen LogP contribution in [-0.2, 0) is 4.79 Å². The predicted molar refractivity (Wildman–Crippen MR) is 93.8 cm³/mol. The van der Waals surface area contributed by atoms with Gasteiger partial charge in [0.25, 0.3) is 0 Å². The van der Waals surface area contributed by atoms with Gasteiger partial charge >= 0.3 is 0 Å². The van der Waals surface area contributed by atoms with Crippen LogP contribution in [0.15, 0.2) is 45.8 Å². The number of carbonyl (C=O) groups excluding carboxylic acids is 1. The van der Waals surface area contributed by atoms with Crippen LogP contribution >= 0.6 is 27.7 Å². The summed E-state index contributed by atoms with van der Waals surface area (Å²) in [6, 6.07) is 11.6. The first-order valence-corrected chi connectivity index (χ1v) is 8.29. The molecule has 1 amide bonds. The first-order valence-electron chi connectivity index (χ1n) is 6.51. The number of para-hydroxylation sites is 1. The average molecular weight is 365 g/mol. The molecule has 0 aliphatic rings. The smallest absolute Gasteiger partial charge is 0.234 e. The lowest BCUT2D eigenvalue weighted by molar-refractivity contribution is -0.113. The van der Waals surface area contributed by atoms with Crippen molar-refractivity contribution in [3.63, 3.8) is 0 Å². The minimum Gasteiger partial charge on any atom is -0.398 e. The fraction of sp³-hybridized carbons (Fsp3) is 0.188. The van der Waals surface area contributed by atoms with Crippen molar-refractivity contribution < 1.29 is 4.79 Å². The lowest BCUT2D eigenvalue weighted by Gasteiger charge is -2.11. The SMILES string of the molecule is Cc1cccc(C)c1NC(=O)CSc1ccc(Br)cc1N. The first kappa shape index (κ1) is 15.9. The largest absolute Gasteiger partial charge is 0.398 e. The van der Waals surface area contributed by atoms with Crippen LogP contribution in [-0.4, -0.2) is 11.7 Å². The highest BCUT2D eigenvalue weighted by molar-refractivity contribution is 9.10. The molecule has 0 fully saturated rings. The molecule has 0 atom stereocenters. The van der Waals surface area contributed by atoms with Crippen LogP contribution < -0.4 is 11.1 Å². The van der Waals surface area contributed by atoms with Crippen molar-refractivity contribution in [1.29, 1.82) is 0 Å². The first-order chi connectivity index (χ1) is 9.97. The lowest BCUT2D eigenvalue weighted by atomic mass is 10.1. The van der Waals surface area contributed by atoms with Crippen LogP contribution in [0.5, 0.6) is 0 Å². The van der Waals surface area contributed by atoms with Gasteiger partial charge in [-0.3, -0.25) is 4.79 Å². The van der Waals surface area contributed by atoms with E-state index in [-0.39, 0.29) is 5.91 Å². The molecule has 0 saturated heterocycles. The van der Waals surface area contributed by atoms with E-state index in [0.717, 1.165) is 26.2 Å². The predicted octanol–water partition coefficient (Wildman–Crippen LogP) is 4.38. The van der Waals surface area contributed by atoms with Gasteiger partial charge in [-0.2, -0.15) is 0 Å². The second-order valence-corrected chi connectivity index (χ2v) is 6.72. The molecule has 21 heavy (non-hydrogen) atoms. The van der Waals surface area contributed by atoms with Crippen molar-refractivity contribution in [3.05, 3.63) is 52.0 Å². The molecule has 2 aromatic rings. The second kappa shape index (κ2) is 7.00. The zero-order valence-electron chi connectivity index (χ0n) is 11.9. The van der Waals surface area contributed by atoms with Crippen molar-refractivity contribution in [2.75, 3.05) is 16.8 Å². The summed E-state index contributed by atoms with van der Waals surface area (Å²) in [5.74, 6) is 0.305. The number of carbonyl (C=O) groups is 1. The number of anilines is 2. The minimum atomic E-state index is -0.0280. The summed E-state index contributed by atoms with van der Waals surface area (Å²) < 4.78 is 0.935. The number of aryl methyl sites for hydroxylation is 2. The van der Waals surface area contributed by atoms with Gasteiger partial charge in [-0.05, 0) is 43.2 Å². The fourth-order valence-electron chi connectivity index (χ4n) is 1.98. The van der Waals surface area contributed by atoms with Crippen LogP contribution in [0.4, 0.5) is 11.4 Å². The van der Waals surface area contributed by atoms with E-state index in [2.05, 4.69) is 21.2 Å². The summed E-state index contributed by atoms with van der Waals surface area (Å²) in [5.41, 5.74) is 9.63. The van der Waals surface area contributed by atoms with Gasteiger partial charge in [0, 0.05) is 20.7 Å². The summed E-state index contributed by atoms with van der Waals surface area (Å²) in [7, 11) is 0. The van der Waals surface area contributed by atoms with E-state index >= 15 is 0 Å². The number of halogens is 1. The van der Waals surface area contributed by atoms with Crippen molar-refractivity contribution in [3.8, 4) is 0 Å². The molecular formula is C16H17BrN2OS. The number of benzene rings is 2. The van der Waals surface area contributed by atoms with Crippen LogP contribution in [0, 0.1) is 13.8 Å². The Morgan fingerprint density at radius 1 is 1.24 bits per heavy atom. The molecule has 3 nitrogen and oxygen atoms in total. The molecule has 0 saturated carbocycles. The van der Waals surface area contributed by atoms with E-state index in [1.165, 1.54) is 11.8 Å². The van der Waals surface area contributed by atoms with E-state index in [9.17, 15) is 4.79 Å². The molecule has 5 heteroatoms. The third-order valence-electron chi connectivity index (χ3n) is 3.08. The van der Waals surface area contributed by atoms with E-state index in [0.29, 0.717) is 11.4 Å². The maximum Gasteiger partial charge on any atom is 0.234 e. The number of amides is 1. The zero-order valence-corrected chi connectivity index (χ0v) is 14.3. The normalized spacial score (nSPS) is 10.4. The van der Waals surface area contributed by atoms with Crippen molar-refractivity contribution in [2.45, 2.75) is 18.7 Å². The number of rotatable bonds is 4. The Morgan fingerprint density at radius 2 is 1.90 bits per heavy atom. The summed E-state index contributed by atoms with van der Waals surface area (Å²) >= 11 is 4.80. The van der Waals surface area contributed by atoms with E-state index < -0.39 is 0 Å². The Kier molecular flexibility index (Phi) is 5.31. The molecule has 0 aliphatic carbocycles. The Balaban J connectivity index is 1.99. The Morgan fingerprint density at radius 3 is 2.52 bits per heavy atom. The van der Waals surface area contributed by atoms with Gasteiger partial charge in [0.05, 0.1) is 5.75 Å². The quantitative estimate of drug-likeness (QED) is 0.625. The monoisotopic (exact) mass is 364 g/mol. The highest BCUT2D eigenvalue weighted by Gasteiger charge is 2.09. The summed E-state index contributed by atoms with van der Waals surface area (Å²) in [6.07, 6.45) is 0. The van der Waals surface area contributed by atoms with Crippen LogP contribution in [0.2, 0.25) is 0 Å². The molecule has 110 valence electrons. The maximum atomic E-state index is 12.1. The number of thioether (sulfide) groups is 1. The second-order valence-electron chi connectivity index (χ2n) is 4.79. The fourth-order valence-corrected chi connectivity index (χ4v) is 3.11. The Labute approximate surface area is 137 Å². The highest BCUT2D eigenvalue weighted by atomic mass is 79.9. The standard InChI is InChI=1S/C16H17BrN2OS/c1-10-4-3-5-11(2)16(10)19-15(20)9-21-14-7-6-12(17)8-13(14)18/h3-8H,9,18H2,1-2H3,(H,19,20). The summed E-state index contributed by atoms with van der Waals surface area (Å²) in [6.45, 7) is 3.98. The number of nitrogens with one attached hydrogen (secondary N) is 1. The third-order valence-corrected chi connectivity index (χ3v) is 4.66. The molecule has 3 N–H and O–H groups in total. The van der Waals surface area contributed by atoms with Crippen LogP contribution in [0.25, 0.3) is 0 Å². The molecule has 0 spiro atoms. The summed E-state index contributed by atoms with van der Waals surface area (Å²) in [4.78, 5) is 13.0. The van der Waals surface area contributed by atoms with E-state index in [1.807, 2.05) is 50.2 Å². The molecular weight excluding hydrogens is 348 g/mol. The Bertz CT molecular complexity index is 653. The van der Waals surface area contributed by atoms with Gasteiger partial charge in [0.2, 0.25) is 5.91 Å². The van der Waals surface area contributed by atoms with Gasteiger partial charge < -0.3 is 11.1 Å². The zero-order chi connectivity index (χ0) is 15.4. The van der Waals surface area contributed by atoms with Crippen molar-refractivity contribution in [2.24, 2.45) is 0 Å². The van der Waals surface area contributed by atoms with Crippen LogP contribution in [0.1, 0.15) is 11.1 Å². The molecule has 0 heterocycles. The molecule has 0 aromatic heterocycles. The Hall–Kier alpha value is -1.46. The topological polar surface area (TPSA) is 55.1 Å². The number of nitrogen functional groups attached to an aromatic ring is 1. The third kappa shape index (κ3) is 4.25. The molecule has 0 bridgehead atoms. The van der Waals surface area contributed by atoms with Gasteiger partial charge in [-0.25, -0.2) is 0 Å². The van der Waals surface area contributed by atoms with Gasteiger partial charge in [-0.1, -0.05) is 34.1 Å². The van der Waals surface area contributed by atoms with Gasteiger partial charge in [0.1, 0.15) is 0 Å². The maximum absolute atomic E-state index is 12.1. The van der Waals surface area contributed by atoms with E-state index in [1.54, 1.807) is 0 Å². The highest BCUT2D eigenvalue weighted by Crippen LogP contribution is 2.28. The van der Waals surface area contributed by atoms with Gasteiger partial charge in [0.15, 0.2) is 0 Å². The van der Waals surface area contributed by atoms with Gasteiger partial charge in [-0.15, -0.1) is 11.8 Å². The van der Waals surface area contributed by atoms with Crippen LogP contribution in [0.3, 0.4) is 0 Å². The van der Waals surface area contributed by atoms with Crippen molar-refractivity contribution >= 4 is 45.0 Å². The molecule has 2 aromatic carbocycles. The average Bonchev–Trinajstić information content (AvgIpc) is 2.42. The lowest BCUT2D eigenvalue weighted by Crippen LogP contribution is -2.15.